The van der Waals surface area contributed by atoms with Crippen molar-refractivity contribution in [3.8, 4) is 0 Å². The predicted octanol–water partition coefficient (Wildman–Crippen LogP) is 2.04. The molecule has 0 aromatic carbocycles. The van der Waals surface area contributed by atoms with E-state index >= 15 is 0 Å². The molecule has 1 atom stereocenters. The fourth-order valence-electron chi connectivity index (χ4n) is 0.790. The normalized spacial score (nSPS) is 14.0. The lowest BCUT2D eigenvalue weighted by molar-refractivity contribution is -0.155. The van der Waals surface area contributed by atoms with Crippen molar-refractivity contribution in [3.05, 3.63) is 17.5 Å². The van der Waals surface area contributed by atoms with Crippen LogP contribution in [0, 0.1) is 0 Å². The van der Waals surface area contributed by atoms with E-state index in [1.54, 1.807) is 0 Å². The van der Waals surface area contributed by atoms with Gasteiger partial charge in [0.05, 0.1) is 11.1 Å². The third-order valence-electron chi connectivity index (χ3n) is 1.39. The molecule has 14 heavy (non-hydrogen) atoms. The Bertz CT molecular complexity index is 323. The fraction of sp³-hybridized carbons (Fsp3) is 0.429. The molecular formula is C7H5ClF3NO2. The van der Waals surface area contributed by atoms with Crippen molar-refractivity contribution in [1.82, 2.24) is 5.16 Å². The van der Waals surface area contributed by atoms with Crippen LogP contribution >= 0.6 is 11.6 Å². The average molecular weight is 228 g/mol. The van der Waals surface area contributed by atoms with Crippen molar-refractivity contribution in [1.29, 1.82) is 0 Å². The molecule has 0 aliphatic heterocycles. The molecule has 0 amide bonds. The van der Waals surface area contributed by atoms with Crippen LogP contribution in [0.4, 0.5) is 13.2 Å². The summed E-state index contributed by atoms with van der Waals surface area (Å²) in [6.45, 7) is 0. The molecule has 1 unspecified atom stereocenters. The number of halogens is 4. The van der Waals surface area contributed by atoms with Crippen molar-refractivity contribution in [2.24, 2.45) is 0 Å². The number of hydrogen-bond acceptors (Lipinski definition) is 3. The highest BCUT2D eigenvalue weighted by atomic mass is 35.5. The number of nitrogens with zero attached hydrogens (tertiary/aromatic N) is 1. The molecule has 0 bridgehead atoms. The first-order valence-corrected chi connectivity index (χ1v) is 3.99. The van der Waals surface area contributed by atoms with Crippen molar-refractivity contribution in [3.63, 3.8) is 0 Å². The van der Waals surface area contributed by atoms with E-state index in [2.05, 4.69) is 9.68 Å². The van der Waals surface area contributed by atoms with Gasteiger partial charge in [-0.15, -0.1) is 11.6 Å². The maximum atomic E-state index is 12.0. The van der Waals surface area contributed by atoms with E-state index in [0.29, 0.717) is 6.29 Å². The van der Waals surface area contributed by atoms with E-state index in [9.17, 15) is 18.0 Å². The Morgan fingerprint density at radius 3 is 2.71 bits per heavy atom. The van der Waals surface area contributed by atoms with E-state index in [1.807, 2.05) is 0 Å². The van der Waals surface area contributed by atoms with Crippen LogP contribution in [0.1, 0.15) is 11.5 Å². The average Bonchev–Trinajstić information content (AvgIpc) is 2.51. The largest absolute Gasteiger partial charge is 0.452 e. The molecule has 1 rings (SSSR count). The van der Waals surface area contributed by atoms with Crippen LogP contribution in [-0.2, 0) is 17.4 Å². The van der Waals surface area contributed by atoms with E-state index in [1.165, 1.54) is 0 Å². The highest BCUT2D eigenvalue weighted by molar-refractivity contribution is 6.27. The number of aldehydes is 1. The molecule has 0 N–H and O–H groups in total. The number of aromatic nitrogens is 1. The summed E-state index contributed by atoms with van der Waals surface area (Å²) in [6.07, 6.45) is -4.22. The van der Waals surface area contributed by atoms with Crippen LogP contribution in [0.5, 0.6) is 0 Å². The van der Waals surface area contributed by atoms with Gasteiger partial charge < -0.3 is 9.32 Å². The third kappa shape index (κ3) is 2.73. The quantitative estimate of drug-likeness (QED) is 0.586. The smallest absolute Gasteiger partial charge is 0.351 e. The van der Waals surface area contributed by atoms with Crippen LogP contribution < -0.4 is 0 Å². The van der Waals surface area contributed by atoms with Crippen LogP contribution in [0.25, 0.3) is 0 Å². The lowest BCUT2D eigenvalue weighted by Gasteiger charge is -1.97. The Morgan fingerprint density at radius 2 is 2.29 bits per heavy atom. The molecule has 0 saturated carbocycles. The highest BCUT2D eigenvalue weighted by Gasteiger charge is 2.36. The molecule has 1 aromatic heterocycles. The van der Waals surface area contributed by atoms with Crippen molar-refractivity contribution in [2.45, 2.75) is 18.0 Å². The Kier molecular flexibility index (Phi) is 3.15. The zero-order chi connectivity index (χ0) is 10.8. The molecule has 0 fully saturated rings. The van der Waals surface area contributed by atoms with Gasteiger partial charge in [-0.1, -0.05) is 5.16 Å². The monoisotopic (exact) mass is 227 g/mol. The molecule has 0 radical (unpaired) electrons. The van der Waals surface area contributed by atoms with Gasteiger partial charge in [-0.25, -0.2) is 0 Å². The lowest BCUT2D eigenvalue weighted by atomic mass is 10.2. The van der Waals surface area contributed by atoms with Gasteiger partial charge >= 0.3 is 6.18 Å². The minimum Gasteiger partial charge on any atom is -0.351 e. The second-order valence-corrected chi connectivity index (χ2v) is 3.10. The van der Waals surface area contributed by atoms with Gasteiger partial charge in [-0.3, -0.25) is 0 Å². The lowest BCUT2D eigenvalue weighted by Crippen LogP contribution is -2.05. The second-order valence-electron chi connectivity index (χ2n) is 2.54. The van der Waals surface area contributed by atoms with Gasteiger partial charge in [0.15, 0.2) is 0 Å². The third-order valence-corrected chi connectivity index (χ3v) is 1.65. The SMILES string of the molecule is O=CC(Cl)Cc1cc(C(F)(F)F)on1. The van der Waals surface area contributed by atoms with Gasteiger partial charge in [0.1, 0.15) is 6.29 Å². The topological polar surface area (TPSA) is 43.1 Å². The molecule has 0 aliphatic carbocycles. The first kappa shape index (κ1) is 11.0. The summed E-state index contributed by atoms with van der Waals surface area (Å²) in [5, 5.41) is 2.24. The first-order valence-electron chi connectivity index (χ1n) is 3.55. The Morgan fingerprint density at radius 1 is 1.64 bits per heavy atom. The number of carbonyl (C=O) groups excluding carboxylic acids is 1. The van der Waals surface area contributed by atoms with E-state index in [4.69, 9.17) is 11.6 Å². The minimum atomic E-state index is -4.56. The number of rotatable bonds is 3. The van der Waals surface area contributed by atoms with Crippen LogP contribution in [0.3, 0.4) is 0 Å². The standard InChI is InChI=1S/C7H5ClF3NO2/c8-4(3-13)1-5-2-6(14-12-5)7(9,10)11/h2-4H,1H2. The van der Waals surface area contributed by atoms with Crippen LogP contribution in [0.15, 0.2) is 10.6 Å². The maximum absolute atomic E-state index is 12.0. The predicted molar refractivity (Wildman–Crippen MR) is 40.9 cm³/mol. The minimum absolute atomic E-state index is 0.00410. The van der Waals surface area contributed by atoms with Gasteiger partial charge in [0.25, 0.3) is 0 Å². The molecule has 78 valence electrons. The van der Waals surface area contributed by atoms with Crippen molar-refractivity contribution in [2.75, 3.05) is 0 Å². The Labute approximate surface area is 81.8 Å². The van der Waals surface area contributed by atoms with E-state index in [0.717, 1.165) is 6.07 Å². The summed E-state index contributed by atoms with van der Waals surface area (Å²) in [5.41, 5.74) is 0.00410. The summed E-state index contributed by atoms with van der Waals surface area (Å²) < 4.78 is 40.0. The number of carbonyl (C=O) groups is 1. The summed E-state index contributed by atoms with van der Waals surface area (Å²) in [7, 11) is 0. The number of hydrogen-bond donors (Lipinski definition) is 0. The molecule has 0 spiro atoms. The fourth-order valence-corrected chi connectivity index (χ4v) is 0.948. The van der Waals surface area contributed by atoms with Crippen molar-refractivity contribution >= 4 is 17.9 Å². The molecule has 1 heterocycles. The summed E-state index contributed by atoms with van der Waals surface area (Å²) in [4.78, 5) is 10.1. The van der Waals surface area contributed by atoms with Gasteiger partial charge in [0.2, 0.25) is 5.76 Å². The molecule has 0 saturated heterocycles. The molecule has 3 nitrogen and oxygen atoms in total. The van der Waals surface area contributed by atoms with E-state index in [-0.39, 0.29) is 12.1 Å². The Hall–Kier alpha value is -1.04. The zero-order valence-corrected chi connectivity index (χ0v) is 7.47. The molecule has 7 heteroatoms. The maximum Gasteiger partial charge on any atom is 0.452 e. The summed E-state index contributed by atoms with van der Waals surface area (Å²) in [6, 6.07) is 0.721. The number of alkyl halides is 4. The Balaban J connectivity index is 2.73. The molecular weight excluding hydrogens is 223 g/mol. The zero-order valence-electron chi connectivity index (χ0n) is 6.71. The van der Waals surface area contributed by atoms with E-state index < -0.39 is 17.3 Å². The van der Waals surface area contributed by atoms with Crippen LogP contribution in [-0.4, -0.2) is 16.8 Å². The van der Waals surface area contributed by atoms with Crippen LogP contribution in [0.2, 0.25) is 0 Å². The first-order chi connectivity index (χ1) is 6.43. The summed E-state index contributed by atoms with van der Waals surface area (Å²) >= 11 is 5.39. The molecule has 0 aliphatic rings. The molecule has 1 aromatic rings. The van der Waals surface area contributed by atoms with Gasteiger partial charge in [-0.2, -0.15) is 13.2 Å². The van der Waals surface area contributed by atoms with Gasteiger partial charge in [-0.05, 0) is 0 Å². The highest BCUT2D eigenvalue weighted by Crippen LogP contribution is 2.29. The van der Waals surface area contributed by atoms with Gasteiger partial charge in [0, 0.05) is 12.5 Å². The second kappa shape index (κ2) is 4.00. The summed E-state index contributed by atoms with van der Waals surface area (Å²) in [5.74, 6) is -1.19. The van der Waals surface area contributed by atoms with Crippen molar-refractivity contribution < 1.29 is 22.5 Å².